The Balaban J connectivity index is 1.74. The monoisotopic (exact) mass is 351 g/mol. The predicted octanol–water partition coefficient (Wildman–Crippen LogP) is 1.67. The smallest absolute Gasteiger partial charge is 0.222 e. The quantitative estimate of drug-likeness (QED) is 0.541. The molecule has 1 amide bonds. The number of aliphatic imine (C=N–C) groups is 1. The number of rotatable bonds is 7. The maximum Gasteiger partial charge on any atom is 0.222 e. The van der Waals surface area contributed by atoms with E-state index in [1.54, 1.807) is 0 Å². The first kappa shape index (κ1) is 20.0. The lowest BCUT2D eigenvalue weighted by molar-refractivity contribution is -0.129. The van der Waals surface area contributed by atoms with E-state index in [0.717, 1.165) is 44.5 Å². The lowest BCUT2D eigenvalue weighted by Crippen LogP contribution is -2.45. The zero-order valence-electron chi connectivity index (χ0n) is 16.4. The number of nitrogens with one attached hydrogen (secondary N) is 2. The van der Waals surface area contributed by atoms with Gasteiger partial charge in [0.05, 0.1) is 0 Å². The van der Waals surface area contributed by atoms with Crippen molar-refractivity contribution < 1.29 is 4.79 Å². The first-order valence-corrected chi connectivity index (χ1v) is 10.2. The summed E-state index contributed by atoms with van der Waals surface area (Å²) in [6, 6.07) is 0.320. The molecule has 1 atom stereocenters. The van der Waals surface area contributed by atoms with Gasteiger partial charge in [0.25, 0.3) is 0 Å². The van der Waals surface area contributed by atoms with E-state index in [9.17, 15) is 4.79 Å². The van der Waals surface area contributed by atoms with Crippen LogP contribution < -0.4 is 10.6 Å². The molecule has 0 radical (unpaired) electrons. The van der Waals surface area contributed by atoms with Crippen molar-refractivity contribution in [2.75, 3.05) is 45.8 Å². The van der Waals surface area contributed by atoms with Gasteiger partial charge in [-0.1, -0.05) is 13.8 Å². The van der Waals surface area contributed by atoms with E-state index >= 15 is 0 Å². The fourth-order valence-corrected chi connectivity index (χ4v) is 3.79. The van der Waals surface area contributed by atoms with Crippen LogP contribution in [0.5, 0.6) is 0 Å². The van der Waals surface area contributed by atoms with Gasteiger partial charge in [0, 0.05) is 38.6 Å². The first-order chi connectivity index (χ1) is 12.2. The molecule has 6 heteroatoms. The lowest BCUT2D eigenvalue weighted by Gasteiger charge is -2.30. The Morgan fingerprint density at radius 2 is 1.88 bits per heavy atom. The van der Waals surface area contributed by atoms with Crippen LogP contribution in [0.2, 0.25) is 0 Å². The zero-order valence-corrected chi connectivity index (χ0v) is 16.4. The summed E-state index contributed by atoms with van der Waals surface area (Å²) in [6.45, 7) is 13.3. The summed E-state index contributed by atoms with van der Waals surface area (Å²) < 4.78 is 0. The summed E-state index contributed by atoms with van der Waals surface area (Å²) in [6.07, 6.45) is 5.40. The maximum absolute atomic E-state index is 11.8. The number of carbonyl (C=O) groups excluding carboxylic acids is 1. The predicted molar refractivity (Wildman–Crippen MR) is 104 cm³/mol. The number of carbonyl (C=O) groups is 1. The molecule has 0 aliphatic carbocycles. The molecule has 25 heavy (non-hydrogen) atoms. The number of hydrogen-bond acceptors (Lipinski definition) is 3. The van der Waals surface area contributed by atoms with Gasteiger partial charge in [0.2, 0.25) is 5.91 Å². The Morgan fingerprint density at radius 3 is 2.52 bits per heavy atom. The van der Waals surface area contributed by atoms with E-state index in [2.05, 4.69) is 29.4 Å². The highest BCUT2D eigenvalue weighted by Gasteiger charge is 2.25. The number of hydrogen-bond donors (Lipinski definition) is 2. The molecule has 2 heterocycles. The lowest BCUT2D eigenvalue weighted by atomic mass is 9.94. The molecule has 0 aromatic carbocycles. The summed E-state index contributed by atoms with van der Waals surface area (Å²) in [7, 11) is 0. The zero-order chi connectivity index (χ0) is 18.1. The average molecular weight is 352 g/mol. The molecule has 0 spiro atoms. The number of piperidine rings is 1. The topological polar surface area (TPSA) is 60.0 Å². The van der Waals surface area contributed by atoms with Gasteiger partial charge in [0.15, 0.2) is 5.96 Å². The average Bonchev–Trinajstić information content (AvgIpc) is 3.10. The molecule has 0 aromatic rings. The van der Waals surface area contributed by atoms with Gasteiger partial charge >= 0.3 is 0 Å². The molecular weight excluding hydrogens is 314 g/mol. The fourth-order valence-electron chi connectivity index (χ4n) is 3.79. The number of likely N-dealkylation sites (tertiary alicyclic amines) is 2. The summed E-state index contributed by atoms with van der Waals surface area (Å²) in [4.78, 5) is 21.1. The minimum absolute atomic E-state index is 0.254. The van der Waals surface area contributed by atoms with Crippen LogP contribution in [0.4, 0.5) is 0 Å². The number of nitrogens with zero attached hydrogens (tertiary/aromatic N) is 3. The first-order valence-electron chi connectivity index (χ1n) is 10.2. The van der Waals surface area contributed by atoms with Gasteiger partial charge in [-0.05, 0) is 58.2 Å². The maximum atomic E-state index is 11.8. The van der Waals surface area contributed by atoms with Crippen molar-refractivity contribution in [3.8, 4) is 0 Å². The Labute approximate surface area is 153 Å². The molecular formula is C19H37N5O. The third-order valence-corrected chi connectivity index (χ3v) is 5.49. The van der Waals surface area contributed by atoms with E-state index in [1.165, 1.54) is 38.9 Å². The molecule has 2 saturated heterocycles. The third kappa shape index (κ3) is 6.49. The van der Waals surface area contributed by atoms with Crippen LogP contribution in [0.1, 0.15) is 52.9 Å². The molecule has 6 nitrogen and oxygen atoms in total. The number of guanidine groups is 1. The van der Waals surface area contributed by atoms with Gasteiger partial charge in [-0.2, -0.15) is 0 Å². The van der Waals surface area contributed by atoms with Crippen LogP contribution in [-0.4, -0.2) is 73.5 Å². The van der Waals surface area contributed by atoms with E-state index in [0.29, 0.717) is 12.5 Å². The van der Waals surface area contributed by atoms with Crippen LogP contribution in [0, 0.1) is 5.92 Å². The second kappa shape index (κ2) is 10.6. The van der Waals surface area contributed by atoms with Gasteiger partial charge in [0.1, 0.15) is 0 Å². The molecule has 144 valence electrons. The third-order valence-electron chi connectivity index (χ3n) is 5.49. The van der Waals surface area contributed by atoms with Crippen molar-refractivity contribution in [3.05, 3.63) is 0 Å². The van der Waals surface area contributed by atoms with Gasteiger partial charge < -0.3 is 20.4 Å². The van der Waals surface area contributed by atoms with Crippen molar-refractivity contribution in [1.29, 1.82) is 0 Å². The van der Waals surface area contributed by atoms with Crippen molar-refractivity contribution in [1.82, 2.24) is 20.4 Å². The van der Waals surface area contributed by atoms with E-state index < -0.39 is 0 Å². The molecule has 2 aliphatic rings. The van der Waals surface area contributed by atoms with Crippen LogP contribution in [0.25, 0.3) is 0 Å². The second-order valence-corrected chi connectivity index (χ2v) is 7.25. The molecule has 2 rings (SSSR count). The molecule has 1 unspecified atom stereocenters. The van der Waals surface area contributed by atoms with Crippen LogP contribution in [0.15, 0.2) is 4.99 Å². The number of amides is 1. The normalized spacial score (nSPS) is 23.1. The molecule has 2 aliphatic heterocycles. The standard InChI is InChI=1S/C19H37N5O/c1-4-18(25)24-14-10-17(15-24)22-19(20-5-2)21-11-7-16-8-12-23(6-3)13-9-16/h16-17H,4-15H2,1-3H3,(H2,20,21,22). The van der Waals surface area contributed by atoms with E-state index in [-0.39, 0.29) is 5.91 Å². The molecule has 2 fully saturated rings. The highest BCUT2D eigenvalue weighted by atomic mass is 16.2. The van der Waals surface area contributed by atoms with Gasteiger partial charge in [-0.15, -0.1) is 0 Å². The Morgan fingerprint density at radius 1 is 1.12 bits per heavy atom. The Bertz CT molecular complexity index is 432. The van der Waals surface area contributed by atoms with Crippen molar-refractivity contribution in [3.63, 3.8) is 0 Å². The highest BCUT2D eigenvalue weighted by molar-refractivity contribution is 5.80. The Hall–Kier alpha value is -1.30. The van der Waals surface area contributed by atoms with Crippen molar-refractivity contribution in [2.24, 2.45) is 10.9 Å². The summed E-state index contributed by atoms with van der Waals surface area (Å²) in [5, 5.41) is 6.87. The minimum atomic E-state index is 0.254. The van der Waals surface area contributed by atoms with Crippen LogP contribution in [0.3, 0.4) is 0 Å². The summed E-state index contributed by atoms with van der Waals surface area (Å²) >= 11 is 0. The van der Waals surface area contributed by atoms with E-state index in [1.807, 2.05) is 11.8 Å². The largest absolute Gasteiger partial charge is 0.357 e. The summed E-state index contributed by atoms with van der Waals surface area (Å²) in [5.41, 5.74) is 0. The van der Waals surface area contributed by atoms with Crippen LogP contribution in [-0.2, 0) is 4.79 Å². The van der Waals surface area contributed by atoms with Crippen molar-refractivity contribution in [2.45, 2.75) is 58.9 Å². The fraction of sp³-hybridized carbons (Fsp3) is 0.895. The second-order valence-electron chi connectivity index (χ2n) is 7.25. The summed E-state index contributed by atoms with van der Waals surface area (Å²) in [5.74, 6) is 1.98. The molecule has 2 N–H and O–H groups in total. The van der Waals surface area contributed by atoms with Crippen LogP contribution >= 0.6 is 0 Å². The SMILES string of the molecule is CCNC(=NCCC1CCN(CC)CC1)NC1CCN(C(=O)CC)C1. The molecule has 0 saturated carbocycles. The van der Waals surface area contributed by atoms with E-state index in [4.69, 9.17) is 4.99 Å². The minimum Gasteiger partial charge on any atom is -0.357 e. The molecule has 0 bridgehead atoms. The highest BCUT2D eigenvalue weighted by Crippen LogP contribution is 2.20. The van der Waals surface area contributed by atoms with Gasteiger partial charge in [-0.3, -0.25) is 9.79 Å². The van der Waals surface area contributed by atoms with Crippen molar-refractivity contribution >= 4 is 11.9 Å². The van der Waals surface area contributed by atoms with Gasteiger partial charge in [-0.25, -0.2) is 0 Å². The Kier molecular flexibility index (Phi) is 8.52. The molecule has 0 aromatic heterocycles.